The van der Waals surface area contributed by atoms with E-state index in [0.717, 1.165) is 11.4 Å². The van der Waals surface area contributed by atoms with E-state index in [1.807, 2.05) is 18.3 Å². The lowest BCUT2D eigenvalue weighted by atomic mass is 10.1. The van der Waals surface area contributed by atoms with Crippen molar-refractivity contribution >= 4 is 11.6 Å². The standard InChI is InChI=1S/C14H19ClN4O/c1-14(2,3)16-8-10-9-19(18-17-10)11-5-6-12(15)13(7-11)20-4/h5-7,9,16H,8H2,1-4H3. The van der Waals surface area contributed by atoms with Gasteiger partial charge in [0.25, 0.3) is 0 Å². The summed E-state index contributed by atoms with van der Waals surface area (Å²) >= 11 is 6.01. The van der Waals surface area contributed by atoms with Crippen LogP contribution < -0.4 is 10.1 Å². The number of methoxy groups -OCH3 is 1. The average Bonchev–Trinajstić information content (AvgIpc) is 2.85. The van der Waals surface area contributed by atoms with E-state index in [2.05, 4.69) is 36.4 Å². The van der Waals surface area contributed by atoms with E-state index in [1.165, 1.54) is 0 Å². The number of hydrogen-bond acceptors (Lipinski definition) is 4. The SMILES string of the molecule is COc1cc(-n2cc(CNC(C)(C)C)nn2)ccc1Cl. The van der Waals surface area contributed by atoms with Gasteiger partial charge >= 0.3 is 0 Å². The van der Waals surface area contributed by atoms with Crippen LogP contribution in [0.5, 0.6) is 5.75 Å². The Hall–Kier alpha value is -1.59. The van der Waals surface area contributed by atoms with Crippen LogP contribution >= 0.6 is 11.6 Å². The van der Waals surface area contributed by atoms with Gasteiger partial charge in [-0.15, -0.1) is 5.10 Å². The topological polar surface area (TPSA) is 52.0 Å². The molecule has 0 aliphatic heterocycles. The highest BCUT2D eigenvalue weighted by Gasteiger charge is 2.11. The minimum Gasteiger partial charge on any atom is -0.495 e. The molecule has 1 aromatic heterocycles. The third-order valence-electron chi connectivity index (χ3n) is 2.74. The zero-order chi connectivity index (χ0) is 14.8. The summed E-state index contributed by atoms with van der Waals surface area (Å²) in [5.74, 6) is 0.619. The van der Waals surface area contributed by atoms with Crippen LogP contribution in [0.1, 0.15) is 26.5 Å². The molecule has 0 radical (unpaired) electrons. The molecule has 1 N–H and O–H groups in total. The molecular weight excluding hydrogens is 276 g/mol. The monoisotopic (exact) mass is 294 g/mol. The number of halogens is 1. The minimum absolute atomic E-state index is 0.0489. The van der Waals surface area contributed by atoms with Crippen molar-refractivity contribution < 1.29 is 4.74 Å². The maximum Gasteiger partial charge on any atom is 0.139 e. The normalized spacial score (nSPS) is 11.7. The maximum atomic E-state index is 6.01. The summed E-state index contributed by atoms with van der Waals surface area (Å²) in [7, 11) is 1.59. The van der Waals surface area contributed by atoms with Gasteiger partial charge in [-0.25, -0.2) is 4.68 Å². The molecule has 20 heavy (non-hydrogen) atoms. The number of aromatic nitrogens is 3. The second kappa shape index (κ2) is 5.81. The Morgan fingerprint density at radius 2 is 2.10 bits per heavy atom. The van der Waals surface area contributed by atoms with Gasteiger partial charge < -0.3 is 10.1 Å². The van der Waals surface area contributed by atoms with Gasteiger partial charge in [0.2, 0.25) is 0 Å². The van der Waals surface area contributed by atoms with Crippen LogP contribution in [0.15, 0.2) is 24.4 Å². The summed E-state index contributed by atoms with van der Waals surface area (Å²) in [5.41, 5.74) is 1.79. The maximum absolute atomic E-state index is 6.01. The van der Waals surface area contributed by atoms with E-state index in [1.54, 1.807) is 17.9 Å². The Balaban J connectivity index is 2.16. The van der Waals surface area contributed by atoms with Crippen LogP contribution in [0.2, 0.25) is 5.02 Å². The summed E-state index contributed by atoms with van der Waals surface area (Å²) in [6.45, 7) is 7.01. The van der Waals surface area contributed by atoms with Crippen molar-refractivity contribution in [3.05, 3.63) is 35.1 Å². The van der Waals surface area contributed by atoms with Crippen molar-refractivity contribution in [2.24, 2.45) is 0 Å². The molecule has 2 rings (SSSR count). The molecular formula is C14H19ClN4O. The summed E-state index contributed by atoms with van der Waals surface area (Å²) in [6.07, 6.45) is 1.89. The van der Waals surface area contributed by atoms with Gasteiger partial charge in [-0.1, -0.05) is 16.8 Å². The molecule has 0 bridgehead atoms. The van der Waals surface area contributed by atoms with Gasteiger partial charge in [0, 0.05) is 18.2 Å². The molecule has 0 saturated carbocycles. The number of nitrogens with one attached hydrogen (secondary N) is 1. The van der Waals surface area contributed by atoms with E-state index in [-0.39, 0.29) is 5.54 Å². The molecule has 0 unspecified atom stereocenters. The van der Waals surface area contributed by atoms with Crippen LogP contribution in [0.25, 0.3) is 5.69 Å². The molecule has 1 aromatic carbocycles. The first-order chi connectivity index (χ1) is 9.39. The van der Waals surface area contributed by atoms with E-state index in [9.17, 15) is 0 Å². The fourth-order valence-corrected chi connectivity index (χ4v) is 1.85. The number of benzene rings is 1. The van der Waals surface area contributed by atoms with Gasteiger partial charge in [-0.2, -0.15) is 0 Å². The first-order valence-corrected chi connectivity index (χ1v) is 6.77. The fourth-order valence-electron chi connectivity index (χ4n) is 1.65. The van der Waals surface area contributed by atoms with Gasteiger partial charge in [0.15, 0.2) is 0 Å². The van der Waals surface area contributed by atoms with Crippen LogP contribution in [0.3, 0.4) is 0 Å². The molecule has 0 amide bonds. The Labute approximate surface area is 123 Å². The van der Waals surface area contributed by atoms with Crippen molar-refractivity contribution in [1.29, 1.82) is 0 Å². The summed E-state index contributed by atoms with van der Waals surface area (Å²) in [5, 5.41) is 12.2. The highest BCUT2D eigenvalue weighted by Crippen LogP contribution is 2.26. The Morgan fingerprint density at radius 3 is 2.75 bits per heavy atom. The molecule has 0 aliphatic carbocycles. The lowest BCUT2D eigenvalue weighted by molar-refractivity contribution is 0.414. The van der Waals surface area contributed by atoms with Gasteiger partial charge in [-0.05, 0) is 32.9 Å². The molecule has 0 saturated heterocycles. The summed E-state index contributed by atoms with van der Waals surface area (Å²) in [6, 6.07) is 5.49. The van der Waals surface area contributed by atoms with Gasteiger partial charge in [0.05, 0.1) is 29.7 Å². The number of hydrogen-bond donors (Lipinski definition) is 1. The lowest BCUT2D eigenvalue weighted by Gasteiger charge is -2.19. The van der Waals surface area contributed by atoms with Crippen molar-refractivity contribution in [3.63, 3.8) is 0 Å². The molecule has 1 heterocycles. The molecule has 108 valence electrons. The molecule has 0 atom stereocenters. The first-order valence-electron chi connectivity index (χ1n) is 6.39. The number of ether oxygens (including phenoxy) is 1. The summed E-state index contributed by atoms with van der Waals surface area (Å²) in [4.78, 5) is 0. The molecule has 0 spiro atoms. The predicted molar refractivity (Wildman–Crippen MR) is 79.5 cm³/mol. The van der Waals surface area contributed by atoms with Crippen LogP contribution in [-0.2, 0) is 6.54 Å². The van der Waals surface area contributed by atoms with Crippen LogP contribution in [0, 0.1) is 0 Å². The minimum atomic E-state index is 0.0489. The second-order valence-corrected chi connectivity index (χ2v) is 5.98. The molecule has 5 nitrogen and oxygen atoms in total. The number of nitrogens with zero attached hydrogens (tertiary/aromatic N) is 3. The van der Waals surface area contributed by atoms with Gasteiger partial charge in [-0.3, -0.25) is 0 Å². The van der Waals surface area contributed by atoms with Crippen molar-refractivity contribution in [1.82, 2.24) is 20.3 Å². The highest BCUT2D eigenvalue weighted by atomic mass is 35.5. The van der Waals surface area contributed by atoms with E-state index in [4.69, 9.17) is 16.3 Å². The quantitative estimate of drug-likeness (QED) is 0.942. The zero-order valence-electron chi connectivity index (χ0n) is 12.1. The van der Waals surface area contributed by atoms with Crippen molar-refractivity contribution in [2.75, 3.05) is 7.11 Å². The smallest absolute Gasteiger partial charge is 0.139 e. The van der Waals surface area contributed by atoms with E-state index >= 15 is 0 Å². The Kier molecular flexibility index (Phi) is 4.30. The molecule has 6 heteroatoms. The molecule has 2 aromatic rings. The van der Waals surface area contributed by atoms with Gasteiger partial charge in [0.1, 0.15) is 5.75 Å². The van der Waals surface area contributed by atoms with Crippen LogP contribution in [0.4, 0.5) is 0 Å². The summed E-state index contributed by atoms with van der Waals surface area (Å²) < 4.78 is 6.91. The second-order valence-electron chi connectivity index (χ2n) is 5.58. The zero-order valence-corrected chi connectivity index (χ0v) is 12.9. The van der Waals surface area contributed by atoms with Crippen LogP contribution in [-0.4, -0.2) is 27.6 Å². The van der Waals surface area contributed by atoms with E-state index in [0.29, 0.717) is 17.3 Å². The largest absolute Gasteiger partial charge is 0.495 e. The molecule has 0 fully saturated rings. The van der Waals surface area contributed by atoms with Crippen molar-refractivity contribution in [2.45, 2.75) is 32.9 Å². The first kappa shape index (κ1) is 14.8. The third kappa shape index (κ3) is 3.71. The fraction of sp³-hybridized carbons (Fsp3) is 0.429. The average molecular weight is 295 g/mol. The highest BCUT2D eigenvalue weighted by molar-refractivity contribution is 6.32. The lowest BCUT2D eigenvalue weighted by Crippen LogP contribution is -2.35. The number of rotatable bonds is 4. The van der Waals surface area contributed by atoms with E-state index < -0.39 is 0 Å². The third-order valence-corrected chi connectivity index (χ3v) is 3.05. The van der Waals surface area contributed by atoms with Crippen molar-refractivity contribution in [3.8, 4) is 11.4 Å². The predicted octanol–water partition coefficient (Wildman–Crippen LogP) is 2.82. The Morgan fingerprint density at radius 1 is 1.35 bits per heavy atom. The Bertz CT molecular complexity index is 589. The molecule has 0 aliphatic rings.